The van der Waals surface area contributed by atoms with Crippen LogP contribution in [0.4, 0.5) is 0 Å². The van der Waals surface area contributed by atoms with Gasteiger partial charge in [-0.2, -0.15) is 0 Å². The van der Waals surface area contributed by atoms with E-state index in [2.05, 4.69) is 10.3 Å². The van der Waals surface area contributed by atoms with Gasteiger partial charge in [-0.1, -0.05) is 29.0 Å². The normalized spacial score (nSPS) is 18.1. The number of ether oxygens (including phenoxy) is 3. The maximum atomic E-state index is 12.3. The van der Waals surface area contributed by atoms with E-state index in [1.54, 1.807) is 18.3 Å². The van der Waals surface area contributed by atoms with Crippen molar-refractivity contribution in [1.82, 2.24) is 10.3 Å². The van der Waals surface area contributed by atoms with Crippen molar-refractivity contribution in [2.75, 3.05) is 19.8 Å². The Balaban J connectivity index is 1.28. The molecule has 2 aromatic rings. The highest BCUT2D eigenvalue weighted by Gasteiger charge is 2.23. The van der Waals surface area contributed by atoms with Crippen LogP contribution in [0.3, 0.4) is 0 Å². The number of nitrogens with one attached hydrogen (secondary N) is 1. The van der Waals surface area contributed by atoms with Crippen LogP contribution in [0.15, 0.2) is 30.5 Å². The minimum Gasteiger partial charge on any atom is -0.493 e. The third kappa shape index (κ3) is 6.69. The summed E-state index contributed by atoms with van der Waals surface area (Å²) >= 11 is 7.75. The molecule has 1 amide bonds. The standard InChI is InChI=1S/C23H27ClN2O4S/c1-15(26-22(27)17-8-10-28-11-9-17)2-6-19-13-25-23(31-19)30-21-7-5-18(12-20(21)24)29-14-16-3-4-16/h2,5-7,12-13,15-17H,3-4,8-11,14H2,1H3,(H,26,27)/b6-2+/t15-/m0/s1. The molecule has 0 unspecified atom stereocenters. The van der Waals surface area contributed by atoms with Crippen molar-refractivity contribution in [3.63, 3.8) is 0 Å². The first-order valence-electron chi connectivity index (χ1n) is 10.7. The second-order valence-corrected chi connectivity index (χ2v) is 9.45. The summed E-state index contributed by atoms with van der Waals surface area (Å²) in [5.74, 6) is 2.12. The predicted molar refractivity (Wildman–Crippen MR) is 122 cm³/mol. The number of amides is 1. The number of hydrogen-bond donors (Lipinski definition) is 1. The Morgan fingerprint density at radius 3 is 2.90 bits per heavy atom. The number of rotatable bonds is 9. The SMILES string of the molecule is C[C@@H](/C=C/c1cnc(Oc2ccc(OCC3CC3)cc2Cl)s1)NC(=O)C1CCOCC1. The second-order valence-electron chi connectivity index (χ2n) is 8.02. The van der Waals surface area contributed by atoms with Crippen molar-refractivity contribution < 1.29 is 19.0 Å². The van der Waals surface area contributed by atoms with Gasteiger partial charge >= 0.3 is 0 Å². The van der Waals surface area contributed by atoms with Crippen LogP contribution in [0.5, 0.6) is 16.7 Å². The first-order valence-corrected chi connectivity index (χ1v) is 11.9. The molecule has 1 aromatic heterocycles. The first kappa shape index (κ1) is 22.1. The number of halogens is 1. The fourth-order valence-electron chi connectivity index (χ4n) is 3.23. The molecule has 1 aromatic carbocycles. The van der Waals surface area contributed by atoms with Crippen LogP contribution in [-0.4, -0.2) is 36.8 Å². The van der Waals surface area contributed by atoms with Gasteiger partial charge in [-0.3, -0.25) is 4.79 Å². The number of nitrogens with zero attached hydrogens (tertiary/aromatic N) is 1. The van der Waals surface area contributed by atoms with Crippen LogP contribution in [-0.2, 0) is 9.53 Å². The summed E-state index contributed by atoms with van der Waals surface area (Å²) in [5, 5.41) is 4.04. The summed E-state index contributed by atoms with van der Waals surface area (Å²) in [7, 11) is 0. The lowest BCUT2D eigenvalue weighted by Crippen LogP contribution is -2.38. The van der Waals surface area contributed by atoms with E-state index in [0.717, 1.165) is 30.1 Å². The number of thiazole rings is 1. The van der Waals surface area contributed by atoms with E-state index in [4.69, 9.17) is 25.8 Å². The zero-order valence-corrected chi connectivity index (χ0v) is 19.1. The summed E-state index contributed by atoms with van der Waals surface area (Å²) in [5.41, 5.74) is 0. The molecule has 0 spiro atoms. The number of carbonyl (C=O) groups is 1. The lowest BCUT2D eigenvalue weighted by Gasteiger charge is -2.22. The van der Waals surface area contributed by atoms with Gasteiger partial charge in [0, 0.05) is 37.4 Å². The van der Waals surface area contributed by atoms with Crippen LogP contribution in [0.25, 0.3) is 6.08 Å². The fraction of sp³-hybridized carbons (Fsp3) is 0.478. The van der Waals surface area contributed by atoms with Crippen LogP contribution >= 0.6 is 22.9 Å². The lowest BCUT2D eigenvalue weighted by atomic mass is 9.99. The zero-order chi connectivity index (χ0) is 21.6. The highest BCUT2D eigenvalue weighted by molar-refractivity contribution is 7.14. The smallest absolute Gasteiger partial charge is 0.279 e. The molecule has 2 heterocycles. The van der Waals surface area contributed by atoms with E-state index < -0.39 is 0 Å². The van der Waals surface area contributed by atoms with Gasteiger partial charge in [0.05, 0.1) is 16.5 Å². The third-order valence-electron chi connectivity index (χ3n) is 5.30. The average molecular weight is 463 g/mol. The summed E-state index contributed by atoms with van der Waals surface area (Å²) in [6, 6.07) is 5.37. The first-order chi connectivity index (χ1) is 15.1. The molecule has 2 aliphatic rings. The van der Waals surface area contributed by atoms with E-state index in [1.807, 2.05) is 25.1 Å². The highest BCUT2D eigenvalue weighted by Crippen LogP contribution is 2.35. The Morgan fingerprint density at radius 1 is 1.35 bits per heavy atom. The quantitative estimate of drug-likeness (QED) is 0.546. The van der Waals surface area contributed by atoms with Gasteiger partial charge in [-0.25, -0.2) is 4.98 Å². The molecule has 1 saturated heterocycles. The fourth-order valence-corrected chi connectivity index (χ4v) is 4.13. The number of carbonyl (C=O) groups excluding carboxylic acids is 1. The van der Waals surface area contributed by atoms with Gasteiger partial charge in [-0.05, 0) is 56.7 Å². The second kappa shape index (κ2) is 10.5. The Bertz CT molecular complexity index is 922. The van der Waals surface area contributed by atoms with Gasteiger partial charge in [0.15, 0.2) is 0 Å². The molecule has 1 saturated carbocycles. The highest BCUT2D eigenvalue weighted by atomic mass is 35.5. The van der Waals surface area contributed by atoms with Crippen molar-refractivity contribution in [3.8, 4) is 16.7 Å². The minimum absolute atomic E-state index is 0.0447. The molecule has 8 heteroatoms. The third-order valence-corrected chi connectivity index (χ3v) is 6.43. The topological polar surface area (TPSA) is 69.7 Å². The van der Waals surface area contributed by atoms with Crippen molar-refractivity contribution in [1.29, 1.82) is 0 Å². The Hall–Kier alpha value is -2.09. The average Bonchev–Trinajstić information content (AvgIpc) is 3.50. The van der Waals surface area contributed by atoms with Crippen molar-refractivity contribution in [3.05, 3.63) is 40.4 Å². The van der Waals surface area contributed by atoms with Gasteiger partial charge < -0.3 is 19.5 Å². The largest absolute Gasteiger partial charge is 0.493 e. The molecule has 1 aliphatic carbocycles. The van der Waals surface area contributed by atoms with Crippen LogP contribution in [0.1, 0.15) is 37.5 Å². The molecule has 166 valence electrons. The number of aromatic nitrogens is 1. The molecule has 1 aliphatic heterocycles. The monoisotopic (exact) mass is 462 g/mol. The summed E-state index contributed by atoms with van der Waals surface area (Å²) in [6.45, 7) is 4.02. The van der Waals surface area contributed by atoms with Crippen molar-refractivity contribution >= 4 is 34.9 Å². The van der Waals surface area contributed by atoms with Crippen molar-refractivity contribution in [2.45, 2.75) is 38.6 Å². The molecule has 0 bridgehead atoms. The number of benzene rings is 1. The minimum atomic E-state index is -0.0700. The van der Waals surface area contributed by atoms with Crippen LogP contribution in [0, 0.1) is 11.8 Å². The predicted octanol–water partition coefficient (Wildman–Crippen LogP) is 5.32. The molecule has 4 rings (SSSR count). The van der Waals surface area contributed by atoms with E-state index in [0.29, 0.717) is 35.1 Å². The molecule has 6 nitrogen and oxygen atoms in total. The maximum absolute atomic E-state index is 12.3. The summed E-state index contributed by atoms with van der Waals surface area (Å²) in [6.07, 6.45) is 9.70. The molecule has 0 radical (unpaired) electrons. The van der Waals surface area contributed by atoms with Crippen molar-refractivity contribution in [2.24, 2.45) is 11.8 Å². The van der Waals surface area contributed by atoms with Gasteiger partial charge in [0.25, 0.3) is 5.19 Å². The van der Waals surface area contributed by atoms with E-state index >= 15 is 0 Å². The summed E-state index contributed by atoms with van der Waals surface area (Å²) in [4.78, 5) is 17.6. The Morgan fingerprint density at radius 2 is 2.16 bits per heavy atom. The lowest BCUT2D eigenvalue weighted by molar-refractivity contribution is -0.128. The molecule has 2 fully saturated rings. The van der Waals surface area contributed by atoms with E-state index in [-0.39, 0.29) is 17.9 Å². The molecular weight excluding hydrogens is 436 g/mol. The van der Waals surface area contributed by atoms with Gasteiger partial charge in [0.1, 0.15) is 11.5 Å². The van der Waals surface area contributed by atoms with Crippen LogP contribution < -0.4 is 14.8 Å². The Labute approximate surface area is 191 Å². The maximum Gasteiger partial charge on any atom is 0.279 e. The summed E-state index contributed by atoms with van der Waals surface area (Å²) < 4.78 is 16.9. The zero-order valence-electron chi connectivity index (χ0n) is 17.5. The van der Waals surface area contributed by atoms with Gasteiger partial charge in [-0.15, -0.1) is 0 Å². The number of hydrogen-bond acceptors (Lipinski definition) is 6. The van der Waals surface area contributed by atoms with E-state index in [1.165, 1.54) is 24.2 Å². The molecular formula is C23H27ClN2O4S. The van der Waals surface area contributed by atoms with Crippen LogP contribution in [0.2, 0.25) is 5.02 Å². The molecule has 1 N–H and O–H groups in total. The molecule has 1 atom stereocenters. The van der Waals surface area contributed by atoms with Gasteiger partial charge in [0.2, 0.25) is 5.91 Å². The molecule has 31 heavy (non-hydrogen) atoms. The van der Waals surface area contributed by atoms with E-state index in [9.17, 15) is 4.79 Å². The Kier molecular flexibility index (Phi) is 7.48.